The first-order valence-corrected chi connectivity index (χ1v) is 7.29. The molecule has 104 valence electrons. The summed E-state index contributed by atoms with van der Waals surface area (Å²) in [5.74, 6) is -0.360. The number of aryl methyl sites for hydroxylation is 2. The second kappa shape index (κ2) is 4.92. The molecule has 1 N–H and O–H groups in total. The van der Waals surface area contributed by atoms with Gasteiger partial charge in [-0.15, -0.1) is 11.3 Å². The number of hydrogen-bond acceptors (Lipinski definition) is 4. The van der Waals surface area contributed by atoms with Gasteiger partial charge in [-0.25, -0.2) is 4.79 Å². The Hall–Kier alpha value is -1.85. The van der Waals surface area contributed by atoms with E-state index in [0.29, 0.717) is 12.1 Å². The molecule has 0 aliphatic carbocycles. The summed E-state index contributed by atoms with van der Waals surface area (Å²) in [5, 5.41) is 10.4. The molecule has 2 aromatic heterocycles. The van der Waals surface area contributed by atoms with E-state index in [0.717, 1.165) is 20.8 Å². The number of oxazole rings is 1. The van der Waals surface area contributed by atoms with E-state index in [9.17, 15) is 9.90 Å². The minimum Gasteiger partial charge on any atom is -0.408 e. The van der Waals surface area contributed by atoms with Crippen LogP contribution in [0, 0.1) is 6.92 Å². The molecule has 0 bridgehead atoms. The average Bonchev–Trinajstić information content (AvgIpc) is 2.99. The van der Waals surface area contributed by atoms with Crippen LogP contribution in [0.3, 0.4) is 0 Å². The molecule has 0 saturated carbocycles. The molecule has 0 aliphatic heterocycles. The highest BCUT2D eigenvalue weighted by atomic mass is 32.1. The highest BCUT2D eigenvalue weighted by Crippen LogP contribution is 2.29. The molecular formula is C15H15NO3S. The van der Waals surface area contributed by atoms with Gasteiger partial charge in [0.1, 0.15) is 6.10 Å². The van der Waals surface area contributed by atoms with Gasteiger partial charge in [0, 0.05) is 16.3 Å². The highest BCUT2D eigenvalue weighted by molar-refractivity contribution is 7.12. The van der Waals surface area contributed by atoms with E-state index >= 15 is 0 Å². The molecule has 0 aliphatic rings. The van der Waals surface area contributed by atoms with Crippen molar-refractivity contribution in [3.63, 3.8) is 0 Å². The molecule has 0 saturated heterocycles. The van der Waals surface area contributed by atoms with Crippen molar-refractivity contribution in [3.05, 3.63) is 56.2 Å². The van der Waals surface area contributed by atoms with E-state index in [-0.39, 0.29) is 5.76 Å². The van der Waals surface area contributed by atoms with Crippen LogP contribution < -0.4 is 5.76 Å². The summed E-state index contributed by atoms with van der Waals surface area (Å²) in [5.41, 5.74) is 2.01. The van der Waals surface area contributed by atoms with Crippen molar-refractivity contribution in [2.45, 2.75) is 26.5 Å². The number of benzene rings is 1. The molecule has 2 heterocycles. The molecule has 5 heteroatoms. The second-order valence-electron chi connectivity index (χ2n) is 4.69. The van der Waals surface area contributed by atoms with Gasteiger partial charge in [-0.2, -0.15) is 0 Å². The zero-order chi connectivity index (χ0) is 14.3. The number of aromatic nitrogens is 1. The predicted molar refractivity (Wildman–Crippen MR) is 79.3 cm³/mol. The molecule has 0 amide bonds. The van der Waals surface area contributed by atoms with E-state index < -0.39 is 6.10 Å². The van der Waals surface area contributed by atoms with Crippen molar-refractivity contribution in [1.82, 2.24) is 4.57 Å². The second-order valence-corrected chi connectivity index (χ2v) is 6.01. The SMILES string of the molecule is CCn1c(=O)oc2cc(C(O)c3ccc(C)s3)ccc21. The van der Waals surface area contributed by atoms with Gasteiger partial charge in [0.15, 0.2) is 5.58 Å². The molecule has 20 heavy (non-hydrogen) atoms. The summed E-state index contributed by atoms with van der Waals surface area (Å²) in [4.78, 5) is 13.7. The maximum absolute atomic E-state index is 11.7. The first kappa shape index (κ1) is 13.1. The number of aliphatic hydroxyl groups is 1. The fraction of sp³-hybridized carbons (Fsp3) is 0.267. The minimum atomic E-state index is -0.687. The first-order chi connectivity index (χ1) is 9.60. The van der Waals surface area contributed by atoms with Gasteiger partial charge in [0.25, 0.3) is 0 Å². The van der Waals surface area contributed by atoms with Gasteiger partial charge in [-0.3, -0.25) is 4.57 Å². The number of nitrogens with zero attached hydrogens (tertiary/aromatic N) is 1. The van der Waals surface area contributed by atoms with E-state index in [1.54, 1.807) is 22.0 Å². The van der Waals surface area contributed by atoms with E-state index in [1.807, 2.05) is 38.1 Å². The van der Waals surface area contributed by atoms with Crippen LogP contribution in [0.4, 0.5) is 0 Å². The fourth-order valence-corrected chi connectivity index (χ4v) is 3.21. The number of aliphatic hydroxyl groups excluding tert-OH is 1. The van der Waals surface area contributed by atoms with E-state index in [4.69, 9.17) is 4.42 Å². The lowest BCUT2D eigenvalue weighted by molar-refractivity contribution is 0.224. The van der Waals surface area contributed by atoms with E-state index in [1.165, 1.54) is 0 Å². The Bertz CT molecular complexity index is 812. The van der Waals surface area contributed by atoms with Gasteiger partial charge >= 0.3 is 5.76 Å². The lowest BCUT2D eigenvalue weighted by atomic mass is 10.1. The number of hydrogen-bond donors (Lipinski definition) is 1. The largest absolute Gasteiger partial charge is 0.419 e. The smallest absolute Gasteiger partial charge is 0.408 e. The Morgan fingerprint density at radius 3 is 2.80 bits per heavy atom. The molecule has 3 aromatic rings. The van der Waals surface area contributed by atoms with Crippen LogP contribution >= 0.6 is 11.3 Å². The molecule has 1 unspecified atom stereocenters. The van der Waals surface area contributed by atoms with Crippen LogP contribution in [-0.4, -0.2) is 9.67 Å². The summed E-state index contributed by atoms with van der Waals surface area (Å²) in [6.07, 6.45) is -0.687. The van der Waals surface area contributed by atoms with Crippen LogP contribution in [-0.2, 0) is 6.54 Å². The number of thiophene rings is 1. The summed E-state index contributed by atoms with van der Waals surface area (Å²) < 4.78 is 6.79. The normalized spacial score (nSPS) is 12.9. The molecule has 4 nitrogen and oxygen atoms in total. The van der Waals surface area contributed by atoms with Gasteiger partial charge in [-0.1, -0.05) is 6.07 Å². The van der Waals surface area contributed by atoms with Crippen molar-refractivity contribution < 1.29 is 9.52 Å². The Kier molecular flexibility index (Phi) is 3.23. The molecule has 1 aromatic carbocycles. The molecule has 0 radical (unpaired) electrons. The maximum Gasteiger partial charge on any atom is 0.419 e. The fourth-order valence-electron chi connectivity index (χ4n) is 2.32. The summed E-state index contributed by atoms with van der Waals surface area (Å²) in [6, 6.07) is 9.30. The van der Waals surface area contributed by atoms with Crippen molar-refractivity contribution in [2.24, 2.45) is 0 Å². The van der Waals surface area contributed by atoms with Gasteiger partial charge in [0.05, 0.1) is 5.52 Å². The average molecular weight is 289 g/mol. The lowest BCUT2D eigenvalue weighted by Crippen LogP contribution is -2.11. The standard InChI is InChI=1S/C15H15NO3S/c1-3-16-11-6-5-10(8-12(11)19-15(16)18)14(17)13-7-4-9(2)20-13/h4-8,14,17H,3H2,1-2H3. The van der Waals surface area contributed by atoms with Crippen molar-refractivity contribution in [2.75, 3.05) is 0 Å². The Morgan fingerprint density at radius 2 is 2.15 bits per heavy atom. The van der Waals surface area contributed by atoms with Crippen molar-refractivity contribution in [1.29, 1.82) is 0 Å². The Morgan fingerprint density at radius 1 is 1.35 bits per heavy atom. The van der Waals surface area contributed by atoms with Crippen molar-refractivity contribution >= 4 is 22.4 Å². The Balaban J connectivity index is 2.07. The quantitative estimate of drug-likeness (QED) is 0.806. The van der Waals surface area contributed by atoms with Crippen LogP contribution in [0.2, 0.25) is 0 Å². The summed E-state index contributed by atoms with van der Waals surface area (Å²) in [6.45, 7) is 4.47. The van der Waals surface area contributed by atoms with Gasteiger partial charge in [0.2, 0.25) is 0 Å². The van der Waals surface area contributed by atoms with Gasteiger partial charge < -0.3 is 9.52 Å². The monoisotopic (exact) mass is 289 g/mol. The van der Waals surface area contributed by atoms with Crippen molar-refractivity contribution in [3.8, 4) is 0 Å². The van der Waals surface area contributed by atoms with Crippen LogP contribution in [0.25, 0.3) is 11.1 Å². The number of fused-ring (bicyclic) bond motifs is 1. The van der Waals surface area contributed by atoms with Crippen LogP contribution in [0.5, 0.6) is 0 Å². The first-order valence-electron chi connectivity index (χ1n) is 6.48. The lowest BCUT2D eigenvalue weighted by Gasteiger charge is -2.08. The van der Waals surface area contributed by atoms with Crippen LogP contribution in [0.1, 0.15) is 28.3 Å². The number of rotatable bonds is 3. The molecule has 0 fully saturated rings. The predicted octanol–water partition coefficient (Wildman–Crippen LogP) is 3.07. The minimum absolute atomic E-state index is 0.360. The molecule has 1 atom stereocenters. The molecular weight excluding hydrogens is 274 g/mol. The molecule has 0 spiro atoms. The summed E-state index contributed by atoms with van der Waals surface area (Å²) >= 11 is 1.56. The molecule has 3 rings (SSSR count). The van der Waals surface area contributed by atoms with E-state index in [2.05, 4.69) is 0 Å². The summed E-state index contributed by atoms with van der Waals surface area (Å²) in [7, 11) is 0. The zero-order valence-corrected chi connectivity index (χ0v) is 12.1. The van der Waals surface area contributed by atoms with Crippen LogP contribution in [0.15, 0.2) is 39.5 Å². The maximum atomic E-state index is 11.7. The third-order valence-corrected chi connectivity index (χ3v) is 4.41. The van der Waals surface area contributed by atoms with Gasteiger partial charge in [-0.05, 0) is 43.7 Å². The third-order valence-electron chi connectivity index (χ3n) is 3.35. The zero-order valence-electron chi connectivity index (χ0n) is 11.3. The highest BCUT2D eigenvalue weighted by Gasteiger charge is 2.15. The topological polar surface area (TPSA) is 55.4 Å². The third kappa shape index (κ3) is 2.09. The Labute approximate surface area is 119 Å².